The molecule has 0 aliphatic heterocycles. The van der Waals surface area contributed by atoms with Crippen molar-refractivity contribution in [2.45, 2.75) is 6.54 Å². The van der Waals surface area contributed by atoms with Gasteiger partial charge < -0.3 is 15.0 Å². The topological polar surface area (TPSA) is 44.5 Å². The van der Waals surface area contributed by atoms with Crippen molar-refractivity contribution in [1.82, 2.24) is 4.57 Å². The molecule has 3 aromatic carbocycles. The van der Waals surface area contributed by atoms with E-state index in [0.717, 1.165) is 39.0 Å². The molecule has 0 radical (unpaired) electrons. The van der Waals surface area contributed by atoms with Gasteiger partial charge in [-0.2, -0.15) is 0 Å². The summed E-state index contributed by atoms with van der Waals surface area (Å²) in [6.07, 6.45) is 2.13. The van der Waals surface area contributed by atoms with Crippen LogP contribution in [0, 0.1) is 6.57 Å². The number of fused-ring (bicyclic) bond motifs is 1. The van der Waals surface area contributed by atoms with Gasteiger partial charge in [0.1, 0.15) is 5.75 Å². The maximum absolute atomic E-state index is 7.34. The van der Waals surface area contributed by atoms with Crippen LogP contribution in [-0.2, 0) is 6.54 Å². The zero-order chi connectivity index (χ0) is 18.8. The third-order valence-electron chi connectivity index (χ3n) is 4.68. The third-order valence-corrected chi connectivity index (χ3v) is 4.68. The van der Waals surface area contributed by atoms with E-state index in [2.05, 4.69) is 21.7 Å². The van der Waals surface area contributed by atoms with Gasteiger partial charge >= 0.3 is 0 Å². The van der Waals surface area contributed by atoms with Crippen LogP contribution in [0.1, 0.15) is 5.56 Å². The van der Waals surface area contributed by atoms with E-state index in [0.29, 0.717) is 12.2 Å². The molecule has 0 spiro atoms. The van der Waals surface area contributed by atoms with Crippen LogP contribution in [0.25, 0.3) is 26.9 Å². The van der Waals surface area contributed by atoms with Crippen LogP contribution in [-0.4, -0.2) is 11.7 Å². The van der Waals surface area contributed by atoms with E-state index in [1.807, 2.05) is 60.7 Å². The smallest absolute Gasteiger partial charge is 0.188 e. The molecule has 0 atom stereocenters. The third kappa shape index (κ3) is 3.23. The minimum atomic E-state index is 0.631. The van der Waals surface area contributed by atoms with Crippen LogP contribution < -0.4 is 10.5 Å². The molecule has 0 aliphatic carbocycles. The minimum absolute atomic E-state index is 0.631. The fraction of sp³-hybridized carbons (Fsp3) is 0.0870. The van der Waals surface area contributed by atoms with Crippen LogP contribution in [0.3, 0.4) is 0 Å². The lowest BCUT2D eigenvalue weighted by Gasteiger charge is -2.07. The van der Waals surface area contributed by atoms with Gasteiger partial charge in [-0.15, -0.1) is 0 Å². The molecule has 4 heteroatoms. The number of aromatic nitrogens is 1. The number of nitrogen functional groups attached to an aromatic ring is 1. The Hall–Kier alpha value is -3.71. The zero-order valence-corrected chi connectivity index (χ0v) is 15.0. The lowest BCUT2D eigenvalue weighted by Crippen LogP contribution is -1.98. The van der Waals surface area contributed by atoms with Crippen molar-refractivity contribution in [3.8, 4) is 16.9 Å². The first-order chi connectivity index (χ1) is 13.2. The van der Waals surface area contributed by atoms with E-state index in [4.69, 9.17) is 17.0 Å². The largest absolute Gasteiger partial charge is 0.497 e. The monoisotopic (exact) mass is 353 g/mol. The second-order valence-corrected chi connectivity index (χ2v) is 6.46. The molecule has 0 fully saturated rings. The highest BCUT2D eigenvalue weighted by molar-refractivity contribution is 5.98. The Kier molecular flexibility index (Phi) is 4.27. The average Bonchev–Trinajstić information content (AvgIpc) is 3.05. The molecule has 0 aliphatic rings. The first-order valence-electron chi connectivity index (χ1n) is 8.67. The molecule has 132 valence electrons. The Morgan fingerprint density at radius 1 is 1.04 bits per heavy atom. The average molecular weight is 353 g/mol. The van der Waals surface area contributed by atoms with Crippen molar-refractivity contribution in [3.63, 3.8) is 0 Å². The molecule has 4 rings (SSSR count). The zero-order valence-electron chi connectivity index (χ0n) is 15.0. The maximum atomic E-state index is 7.34. The van der Waals surface area contributed by atoms with Gasteiger partial charge in [-0.3, -0.25) is 0 Å². The highest BCUT2D eigenvalue weighted by Gasteiger charge is 2.12. The maximum Gasteiger partial charge on any atom is 0.188 e. The molecule has 4 aromatic rings. The van der Waals surface area contributed by atoms with Gasteiger partial charge in [0.05, 0.1) is 13.7 Å². The molecule has 0 saturated carbocycles. The number of hydrogen-bond donors (Lipinski definition) is 1. The van der Waals surface area contributed by atoms with Crippen molar-refractivity contribution in [2.24, 2.45) is 0 Å². The molecule has 1 heterocycles. The number of methoxy groups -OCH3 is 1. The molecular formula is C23H19N3O. The first-order valence-corrected chi connectivity index (χ1v) is 8.67. The van der Waals surface area contributed by atoms with Crippen molar-refractivity contribution in [3.05, 3.63) is 89.9 Å². The summed E-state index contributed by atoms with van der Waals surface area (Å²) in [4.78, 5) is 3.59. The highest BCUT2D eigenvalue weighted by atomic mass is 16.5. The molecule has 0 unspecified atom stereocenters. The number of rotatable bonds is 4. The number of ether oxygens (including phenoxy) is 1. The molecule has 0 bridgehead atoms. The Morgan fingerprint density at radius 3 is 2.67 bits per heavy atom. The number of nitrogens with two attached hydrogens (primary N) is 1. The summed E-state index contributed by atoms with van der Waals surface area (Å²) < 4.78 is 7.55. The quantitative estimate of drug-likeness (QED) is 0.389. The Morgan fingerprint density at radius 2 is 1.89 bits per heavy atom. The summed E-state index contributed by atoms with van der Waals surface area (Å²) in [5.41, 5.74) is 11.7. The van der Waals surface area contributed by atoms with Gasteiger partial charge in [-0.1, -0.05) is 30.3 Å². The minimum Gasteiger partial charge on any atom is -0.497 e. The van der Waals surface area contributed by atoms with E-state index < -0.39 is 0 Å². The second-order valence-electron chi connectivity index (χ2n) is 6.46. The molecule has 4 nitrogen and oxygen atoms in total. The lowest BCUT2D eigenvalue weighted by molar-refractivity contribution is 0.414. The summed E-state index contributed by atoms with van der Waals surface area (Å²) in [7, 11) is 1.67. The normalized spacial score (nSPS) is 10.7. The van der Waals surface area contributed by atoms with Gasteiger partial charge in [0, 0.05) is 29.5 Å². The summed E-state index contributed by atoms with van der Waals surface area (Å²) in [6, 6.07) is 21.7. The summed E-state index contributed by atoms with van der Waals surface area (Å²) >= 11 is 0. The molecule has 1 aromatic heterocycles. The fourth-order valence-corrected chi connectivity index (χ4v) is 3.39. The number of hydrogen-bond acceptors (Lipinski definition) is 2. The number of anilines is 1. The fourth-order valence-electron chi connectivity index (χ4n) is 3.39. The van der Waals surface area contributed by atoms with Crippen LogP contribution in [0.4, 0.5) is 11.4 Å². The van der Waals surface area contributed by atoms with Crippen molar-refractivity contribution >= 4 is 22.3 Å². The predicted molar refractivity (Wildman–Crippen MR) is 110 cm³/mol. The lowest BCUT2D eigenvalue weighted by atomic mass is 10.0. The van der Waals surface area contributed by atoms with E-state index in [-0.39, 0.29) is 0 Å². The van der Waals surface area contributed by atoms with E-state index >= 15 is 0 Å². The summed E-state index contributed by atoms with van der Waals surface area (Å²) in [5, 5.41) is 1.05. The molecular weight excluding hydrogens is 334 g/mol. The Balaban J connectivity index is 1.87. The van der Waals surface area contributed by atoms with Crippen molar-refractivity contribution in [2.75, 3.05) is 12.8 Å². The molecule has 0 saturated heterocycles. The van der Waals surface area contributed by atoms with E-state index in [9.17, 15) is 0 Å². The summed E-state index contributed by atoms with van der Waals surface area (Å²) in [6.45, 7) is 8.06. The summed E-state index contributed by atoms with van der Waals surface area (Å²) in [5.74, 6) is 0.843. The SMILES string of the molecule is [C-]#[N+]c1ccc2c(c1)c(-c1cccc(N)c1)cn2Cc1cccc(OC)c1. The Bertz CT molecular complexity index is 1170. The Labute approximate surface area is 158 Å². The van der Waals surface area contributed by atoms with Gasteiger partial charge in [-0.25, -0.2) is 4.85 Å². The number of nitrogens with zero attached hydrogens (tertiary/aromatic N) is 2. The van der Waals surface area contributed by atoms with Gasteiger partial charge in [0.2, 0.25) is 0 Å². The van der Waals surface area contributed by atoms with Gasteiger partial charge in [-0.05, 0) is 52.9 Å². The molecule has 2 N–H and O–H groups in total. The van der Waals surface area contributed by atoms with Crippen molar-refractivity contribution in [1.29, 1.82) is 0 Å². The van der Waals surface area contributed by atoms with Crippen LogP contribution in [0.2, 0.25) is 0 Å². The highest BCUT2D eigenvalue weighted by Crippen LogP contribution is 2.34. The van der Waals surface area contributed by atoms with Crippen molar-refractivity contribution < 1.29 is 4.74 Å². The van der Waals surface area contributed by atoms with E-state index in [1.54, 1.807) is 7.11 Å². The van der Waals surface area contributed by atoms with E-state index in [1.165, 1.54) is 0 Å². The molecule has 27 heavy (non-hydrogen) atoms. The van der Waals surface area contributed by atoms with Crippen LogP contribution in [0.15, 0.2) is 72.9 Å². The van der Waals surface area contributed by atoms with Crippen LogP contribution >= 0.6 is 0 Å². The first kappa shape index (κ1) is 16.7. The standard InChI is InChI=1S/C23H19N3O/c1-25-19-9-10-23-21(13-19)22(17-6-4-7-18(24)12-17)15-26(23)14-16-5-3-8-20(11-16)27-2/h3-13,15H,14,24H2,2H3. The van der Waals surface area contributed by atoms with Crippen LogP contribution in [0.5, 0.6) is 5.75 Å². The second kappa shape index (κ2) is 6.89. The number of benzene rings is 3. The van der Waals surface area contributed by atoms with Gasteiger partial charge in [0.15, 0.2) is 5.69 Å². The van der Waals surface area contributed by atoms with Gasteiger partial charge in [0.25, 0.3) is 0 Å². The predicted octanol–water partition coefficient (Wildman–Crippen LogP) is 5.50. The molecule has 0 amide bonds.